The number of aryl methyl sites for hydroxylation is 2. The molecule has 0 spiro atoms. The zero-order chi connectivity index (χ0) is 19.9. The molecule has 3 rings (SSSR count). The third kappa shape index (κ3) is 4.84. The maximum Gasteiger partial charge on any atom is 0.280 e. The van der Waals surface area contributed by atoms with Gasteiger partial charge in [0.15, 0.2) is 0 Å². The van der Waals surface area contributed by atoms with Gasteiger partial charge in [0, 0.05) is 28.6 Å². The van der Waals surface area contributed by atoms with Crippen LogP contribution in [0.4, 0.5) is 0 Å². The lowest BCUT2D eigenvalue weighted by atomic mass is 10.1. The minimum absolute atomic E-state index is 0.0258. The third-order valence-corrected chi connectivity index (χ3v) is 5.56. The standard InChI is InChI=1S/C23H27N3OS/c1-4-8-21-22(23(27)26(25-21)19-9-6-5-7-10-19)18(3)24-15-16-28-20-13-11-17(2)12-14-20/h5-7,9-14,25H,4,8,15-16H2,1-3H3. The first-order valence-corrected chi connectivity index (χ1v) is 10.7. The molecule has 0 saturated carbocycles. The minimum Gasteiger partial charge on any atom is -0.294 e. The summed E-state index contributed by atoms with van der Waals surface area (Å²) in [5.74, 6) is 0.890. The van der Waals surface area contributed by atoms with E-state index < -0.39 is 0 Å². The smallest absolute Gasteiger partial charge is 0.280 e. The number of aromatic amines is 1. The van der Waals surface area contributed by atoms with Crippen LogP contribution < -0.4 is 5.56 Å². The van der Waals surface area contributed by atoms with Crippen molar-refractivity contribution in [3.8, 4) is 5.69 Å². The molecule has 28 heavy (non-hydrogen) atoms. The number of aliphatic imine (C=N–C) groups is 1. The zero-order valence-electron chi connectivity index (χ0n) is 16.7. The molecule has 0 saturated heterocycles. The van der Waals surface area contributed by atoms with E-state index >= 15 is 0 Å². The monoisotopic (exact) mass is 393 g/mol. The van der Waals surface area contributed by atoms with Crippen molar-refractivity contribution in [2.45, 2.75) is 38.5 Å². The summed E-state index contributed by atoms with van der Waals surface area (Å²) in [4.78, 5) is 19.0. The SMILES string of the molecule is CCCc1[nH]n(-c2ccccc2)c(=O)c1C(C)=NCCSc1ccc(C)cc1. The number of benzene rings is 2. The fraction of sp³-hybridized carbons (Fsp3) is 0.304. The lowest BCUT2D eigenvalue weighted by Crippen LogP contribution is -2.20. The molecule has 0 aliphatic heterocycles. The summed E-state index contributed by atoms with van der Waals surface area (Å²) in [5.41, 5.74) is 4.57. The van der Waals surface area contributed by atoms with Gasteiger partial charge in [-0.1, -0.05) is 49.2 Å². The highest BCUT2D eigenvalue weighted by molar-refractivity contribution is 7.99. The molecule has 4 nitrogen and oxygen atoms in total. The van der Waals surface area contributed by atoms with Gasteiger partial charge in [-0.2, -0.15) is 0 Å². The quantitative estimate of drug-likeness (QED) is 0.332. The Balaban J connectivity index is 1.77. The van der Waals surface area contributed by atoms with E-state index in [0.717, 1.165) is 35.7 Å². The van der Waals surface area contributed by atoms with Crippen molar-refractivity contribution in [1.82, 2.24) is 9.78 Å². The number of rotatable bonds is 8. The fourth-order valence-corrected chi connectivity index (χ4v) is 3.88. The van der Waals surface area contributed by atoms with Crippen molar-refractivity contribution in [2.75, 3.05) is 12.3 Å². The van der Waals surface area contributed by atoms with Crippen molar-refractivity contribution >= 4 is 17.5 Å². The molecule has 0 unspecified atom stereocenters. The second-order valence-corrected chi connectivity index (χ2v) is 7.99. The second-order valence-electron chi connectivity index (χ2n) is 6.82. The number of hydrogen-bond acceptors (Lipinski definition) is 3. The first kappa shape index (κ1) is 20.2. The highest BCUT2D eigenvalue weighted by Gasteiger charge is 2.17. The number of hydrogen-bond donors (Lipinski definition) is 1. The van der Waals surface area contributed by atoms with Crippen LogP contribution in [0, 0.1) is 6.92 Å². The molecule has 146 valence electrons. The van der Waals surface area contributed by atoms with Crippen LogP contribution in [0.15, 0.2) is 69.3 Å². The molecule has 1 aromatic heterocycles. The molecule has 0 aliphatic rings. The van der Waals surface area contributed by atoms with Crippen molar-refractivity contribution < 1.29 is 0 Å². The molecule has 3 aromatic rings. The van der Waals surface area contributed by atoms with Crippen LogP contribution >= 0.6 is 11.8 Å². The van der Waals surface area contributed by atoms with Crippen LogP contribution in [-0.2, 0) is 6.42 Å². The number of nitrogens with zero attached hydrogens (tertiary/aromatic N) is 2. The van der Waals surface area contributed by atoms with E-state index in [2.05, 4.69) is 43.2 Å². The van der Waals surface area contributed by atoms with Crippen LogP contribution in [-0.4, -0.2) is 27.8 Å². The summed E-state index contributed by atoms with van der Waals surface area (Å²) in [6, 6.07) is 18.2. The van der Waals surface area contributed by atoms with E-state index in [-0.39, 0.29) is 5.56 Å². The molecule has 0 bridgehead atoms. The summed E-state index contributed by atoms with van der Waals surface area (Å²) in [7, 11) is 0. The summed E-state index contributed by atoms with van der Waals surface area (Å²) in [6.45, 7) is 6.84. The van der Waals surface area contributed by atoms with Gasteiger partial charge in [-0.05, 0) is 44.5 Å². The van der Waals surface area contributed by atoms with Gasteiger partial charge in [0.1, 0.15) is 0 Å². The normalized spacial score (nSPS) is 11.8. The van der Waals surface area contributed by atoms with Crippen LogP contribution in [0.25, 0.3) is 5.69 Å². The number of aromatic nitrogens is 2. The lowest BCUT2D eigenvalue weighted by Gasteiger charge is -2.02. The summed E-state index contributed by atoms with van der Waals surface area (Å²) < 4.78 is 1.63. The van der Waals surface area contributed by atoms with E-state index in [0.29, 0.717) is 12.1 Å². The Kier molecular flexibility index (Phi) is 6.93. The largest absolute Gasteiger partial charge is 0.294 e. The summed E-state index contributed by atoms with van der Waals surface area (Å²) >= 11 is 1.79. The molecule has 1 heterocycles. The van der Waals surface area contributed by atoms with Crippen molar-refractivity contribution in [1.29, 1.82) is 0 Å². The molecular weight excluding hydrogens is 366 g/mol. The van der Waals surface area contributed by atoms with Crippen LogP contribution in [0.5, 0.6) is 0 Å². The van der Waals surface area contributed by atoms with E-state index in [9.17, 15) is 4.79 Å². The number of nitrogens with one attached hydrogen (secondary N) is 1. The van der Waals surface area contributed by atoms with Crippen molar-refractivity contribution in [3.05, 3.63) is 81.8 Å². The molecule has 0 atom stereocenters. The maximum atomic E-state index is 13.0. The highest BCUT2D eigenvalue weighted by atomic mass is 32.2. The molecule has 0 fully saturated rings. The van der Waals surface area contributed by atoms with E-state index in [1.807, 2.05) is 37.3 Å². The van der Waals surface area contributed by atoms with Crippen molar-refractivity contribution in [3.63, 3.8) is 0 Å². The molecule has 0 amide bonds. The average Bonchev–Trinajstić information content (AvgIpc) is 3.03. The second kappa shape index (κ2) is 9.60. The lowest BCUT2D eigenvalue weighted by molar-refractivity contribution is 0.793. The first-order valence-electron chi connectivity index (χ1n) is 9.70. The van der Waals surface area contributed by atoms with Gasteiger partial charge in [-0.25, -0.2) is 4.68 Å². The summed E-state index contributed by atoms with van der Waals surface area (Å²) in [6.07, 6.45) is 1.80. The zero-order valence-corrected chi connectivity index (χ0v) is 17.6. The number of para-hydroxylation sites is 1. The van der Waals surface area contributed by atoms with E-state index in [4.69, 9.17) is 4.99 Å². The molecule has 1 N–H and O–H groups in total. The predicted octanol–water partition coefficient (Wildman–Crippen LogP) is 5.03. The van der Waals surface area contributed by atoms with Gasteiger partial charge in [-0.15, -0.1) is 11.8 Å². The Morgan fingerprint density at radius 3 is 2.50 bits per heavy atom. The Hall–Kier alpha value is -2.53. The van der Waals surface area contributed by atoms with Gasteiger partial charge < -0.3 is 0 Å². The van der Waals surface area contributed by atoms with Gasteiger partial charge in [-0.3, -0.25) is 14.9 Å². The molecule has 0 radical (unpaired) electrons. The Labute approximate surface area is 170 Å². The molecular formula is C23H27N3OS. The first-order chi connectivity index (χ1) is 13.6. The number of thioether (sulfide) groups is 1. The predicted molar refractivity (Wildman–Crippen MR) is 119 cm³/mol. The average molecular weight is 394 g/mol. The fourth-order valence-electron chi connectivity index (χ4n) is 3.14. The Bertz CT molecular complexity index is 985. The minimum atomic E-state index is -0.0258. The molecule has 0 aliphatic carbocycles. The van der Waals surface area contributed by atoms with Gasteiger partial charge in [0.2, 0.25) is 0 Å². The van der Waals surface area contributed by atoms with Gasteiger partial charge in [0.05, 0.1) is 11.3 Å². The Morgan fingerprint density at radius 1 is 1.11 bits per heavy atom. The van der Waals surface area contributed by atoms with Crippen LogP contribution in [0.3, 0.4) is 0 Å². The highest BCUT2D eigenvalue weighted by Crippen LogP contribution is 2.18. The van der Waals surface area contributed by atoms with E-state index in [1.165, 1.54) is 10.5 Å². The van der Waals surface area contributed by atoms with Gasteiger partial charge in [0.25, 0.3) is 5.56 Å². The molecule has 5 heteroatoms. The third-order valence-electron chi connectivity index (χ3n) is 4.57. The Morgan fingerprint density at radius 2 is 1.82 bits per heavy atom. The molecule has 2 aromatic carbocycles. The van der Waals surface area contributed by atoms with E-state index in [1.54, 1.807) is 16.4 Å². The van der Waals surface area contributed by atoms with Gasteiger partial charge >= 0.3 is 0 Å². The van der Waals surface area contributed by atoms with Crippen molar-refractivity contribution in [2.24, 2.45) is 4.99 Å². The topological polar surface area (TPSA) is 50.1 Å². The number of H-pyrrole nitrogens is 1. The van der Waals surface area contributed by atoms with Crippen LogP contribution in [0.2, 0.25) is 0 Å². The maximum absolute atomic E-state index is 13.0. The summed E-state index contributed by atoms with van der Waals surface area (Å²) in [5, 5.41) is 3.29. The van der Waals surface area contributed by atoms with Crippen LogP contribution in [0.1, 0.15) is 37.1 Å².